The highest BCUT2D eigenvalue weighted by Crippen LogP contribution is 2.43. The molecule has 3 aromatic carbocycles. The van der Waals surface area contributed by atoms with Crippen LogP contribution in [0.4, 0.5) is 8.78 Å². The van der Waals surface area contributed by atoms with E-state index in [1.54, 1.807) is 44.2 Å². The van der Waals surface area contributed by atoms with E-state index in [4.69, 9.17) is 10.1 Å². The molecule has 0 aliphatic carbocycles. The van der Waals surface area contributed by atoms with Crippen LogP contribution in [0.3, 0.4) is 0 Å². The summed E-state index contributed by atoms with van der Waals surface area (Å²) in [4.78, 5) is 21.3. The third-order valence-electron chi connectivity index (χ3n) is 10.5. The molecule has 3 heterocycles. The molecule has 2 aromatic heterocycles. The third kappa shape index (κ3) is 8.07. The average Bonchev–Trinajstić information content (AvgIpc) is 3.73. The van der Waals surface area contributed by atoms with Crippen molar-refractivity contribution >= 4 is 38.4 Å². The molecule has 0 saturated carbocycles. The van der Waals surface area contributed by atoms with Crippen LogP contribution in [-0.4, -0.2) is 59.7 Å². The first-order valence-corrected chi connectivity index (χ1v) is 20.6. The van der Waals surface area contributed by atoms with Gasteiger partial charge in [0.2, 0.25) is 5.91 Å². The summed E-state index contributed by atoms with van der Waals surface area (Å²) in [6.07, 6.45) is 4.09. The zero-order valence-corrected chi connectivity index (χ0v) is 32.9. The number of benzene rings is 3. The minimum atomic E-state index is -3.66. The number of halogens is 2. The molecule has 0 radical (unpaired) electrons. The number of aromatic nitrogens is 4. The van der Waals surface area contributed by atoms with Crippen LogP contribution >= 0.6 is 11.8 Å². The van der Waals surface area contributed by atoms with Gasteiger partial charge in [0.05, 0.1) is 27.4 Å². The highest BCUT2D eigenvalue weighted by molar-refractivity contribution is 7.99. The lowest BCUT2D eigenvalue weighted by Gasteiger charge is -2.31. The lowest BCUT2D eigenvalue weighted by molar-refractivity contribution is -0.123. The van der Waals surface area contributed by atoms with Gasteiger partial charge in [0, 0.05) is 48.1 Å². The molecule has 0 fully saturated rings. The van der Waals surface area contributed by atoms with Crippen molar-refractivity contribution in [2.24, 2.45) is 18.4 Å². The second kappa shape index (κ2) is 15.0. The highest BCUT2D eigenvalue weighted by Gasteiger charge is 2.37. The van der Waals surface area contributed by atoms with Gasteiger partial charge >= 0.3 is 0 Å². The number of amides is 1. The van der Waals surface area contributed by atoms with E-state index in [9.17, 15) is 13.2 Å². The van der Waals surface area contributed by atoms with Crippen molar-refractivity contribution in [3.63, 3.8) is 0 Å². The maximum atomic E-state index is 16.1. The van der Waals surface area contributed by atoms with Gasteiger partial charge in [-0.1, -0.05) is 63.2 Å². The SMILES string of the molecule is CNC(=O)[C@@H](C)Cc1cccc([C@@]2(C)CCCC(C)(C)CS(=O)(=O)CC(NC)c3c(c(F)cc4[nH]ccc34)Sc3ccc(F)c(c3)-c3nc2nn3C)c1. The quantitative estimate of drug-likeness (QED) is 0.170. The zero-order chi connectivity index (χ0) is 38.3. The van der Waals surface area contributed by atoms with Crippen LogP contribution in [0.2, 0.25) is 0 Å². The van der Waals surface area contributed by atoms with Gasteiger partial charge in [0.15, 0.2) is 21.5 Å². The Labute approximate surface area is 314 Å². The Morgan fingerprint density at radius 1 is 1.08 bits per heavy atom. The lowest BCUT2D eigenvalue weighted by Crippen LogP contribution is -2.33. The number of sulfone groups is 1. The maximum Gasteiger partial charge on any atom is 0.222 e. The smallest absolute Gasteiger partial charge is 0.222 e. The molecule has 53 heavy (non-hydrogen) atoms. The second-order valence-electron chi connectivity index (χ2n) is 15.3. The van der Waals surface area contributed by atoms with Gasteiger partial charge < -0.3 is 15.6 Å². The summed E-state index contributed by atoms with van der Waals surface area (Å²) in [5, 5.41) is 11.5. The molecule has 3 N–H and O–H groups in total. The zero-order valence-electron chi connectivity index (χ0n) is 31.3. The molecular formula is C40H48F2N6O3S2. The number of hydrogen-bond donors (Lipinski definition) is 3. The van der Waals surface area contributed by atoms with Crippen molar-refractivity contribution in [3.8, 4) is 11.4 Å². The molecular weight excluding hydrogens is 715 g/mol. The van der Waals surface area contributed by atoms with Gasteiger partial charge in [-0.15, -0.1) is 0 Å². The van der Waals surface area contributed by atoms with Crippen LogP contribution in [0.1, 0.15) is 75.5 Å². The Kier molecular flexibility index (Phi) is 10.9. The van der Waals surface area contributed by atoms with Crippen molar-refractivity contribution in [1.29, 1.82) is 0 Å². The summed E-state index contributed by atoms with van der Waals surface area (Å²) < 4.78 is 61.5. The lowest BCUT2D eigenvalue weighted by atomic mass is 9.75. The first kappa shape index (κ1) is 38.6. The van der Waals surface area contributed by atoms with Crippen LogP contribution in [0, 0.1) is 23.0 Å². The number of fused-ring (bicyclic) bond motifs is 8. The molecule has 13 heteroatoms. The Bertz CT molecular complexity index is 2270. The molecule has 1 aliphatic heterocycles. The fourth-order valence-electron chi connectivity index (χ4n) is 7.67. The largest absolute Gasteiger partial charge is 0.361 e. The number of H-pyrrole nitrogens is 1. The number of nitrogens with zero attached hydrogens (tertiary/aromatic N) is 3. The first-order chi connectivity index (χ1) is 25.0. The summed E-state index contributed by atoms with van der Waals surface area (Å²) in [7, 11) is 1.39. The highest BCUT2D eigenvalue weighted by atomic mass is 32.2. The van der Waals surface area contributed by atoms with Crippen molar-refractivity contribution in [3.05, 3.63) is 94.9 Å². The monoisotopic (exact) mass is 762 g/mol. The molecule has 3 atom stereocenters. The fraction of sp³-hybridized carbons (Fsp3) is 0.425. The number of rotatable bonds is 5. The summed E-state index contributed by atoms with van der Waals surface area (Å²) in [6.45, 7) is 7.89. The molecule has 1 amide bonds. The number of carbonyl (C=O) groups is 1. The molecule has 1 aliphatic rings. The molecule has 0 saturated heterocycles. The summed E-state index contributed by atoms with van der Waals surface area (Å²) in [6, 6.07) is 15.2. The van der Waals surface area contributed by atoms with Crippen molar-refractivity contribution in [2.75, 3.05) is 25.6 Å². The van der Waals surface area contributed by atoms with E-state index in [0.29, 0.717) is 58.7 Å². The predicted molar refractivity (Wildman–Crippen MR) is 207 cm³/mol. The van der Waals surface area contributed by atoms with Gasteiger partial charge in [0.25, 0.3) is 0 Å². The van der Waals surface area contributed by atoms with Crippen molar-refractivity contribution < 1.29 is 22.0 Å². The number of nitrogens with one attached hydrogen (secondary N) is 3. The van der Waals surface area contributed by atoms with Gasteiger partial charge in [-0.25, -0.2) is 26.9 Å². The van der Waals surface area contributed by atoms with Crippen molar-refractivity contribution in [1.82, 2.24) is 30.4 Å². The molecule has 5 aromatic rings. The van der Waals surface area contributed by atoms with Crippen molar-refractivity contribution in [2.45, 2.75) is 74.6 Å². The van der Waals surface area contributed by atoms with Gasteiger partial charge in [-0.05, 0) is 85.7 Å². The summed E-state index contributed by atoms with van der Waals surface area (Å²) >= 11 is 1.12. The Morgan fingerprint density at radius 3 is 2.58 bits per heavy atom. The number of carbonyl (C=O) groups excluding carboxylic acids is 1. The minimum Gasteiger partial charge on any atom is -0.361 e. The maximum absolute atomic E-state index is 16.1. The molecule has 1 unspecified atom stereocenters. The number of aryl methyl sites for hydroxylation is 1. The number of hydrogen-bond acceptors (Lipinski definition) is 7. The van der Waals surface area contributed by atoms with E-state index < -0.39 is 38.3 Å². The van der Waals surface area contributed by atoms with E-state index in [1.165, 1.54) is 12.1 Å². The van der Waals surface area contributed by atoms with E-state index in [0.717, 1.165) is 22.9 Å². The number of aromatic amines is 1. The molecule has 9 nitrogen and oxygen atoms in total. The van der Waals surface area contributed by atoms with E-state index in [-0.39, 0.29) is 33.8 Å². The standard InChI is InChI=1S/C40H48F2N6O3S2/c1-24(37(49)44-6)18-25-10-8-11-26(19-25)40(4)16-9-15-39(2,3)23-53(50,51)22-33(43-5)34-28-14-17-45-32(28)21-31(42)35(34)52-27-12-13-30(41)29(20-27)36-46-38(40)47-48(36)7/h8,10-14,17,19-21,24,33,43,45H,9,15-16,18,22-23H2,1-7H3,(H,44,49)/t24-,33?,40+/m0/s1. The van der Waals surface area contributed by atoms with Gasteiger partial charge in [0.1, 0.15) is 11.6 Å². The molecule has 6 rings (SSSR count). The summed E-state index contributed by atoms with van der Waals surface area (Å²) in [5.74, 6) is -0.738. The Balaban J connectivity index is 1.51. The first-order valence-electron chi connectivity index (χ1n) is 17.9. The minimum absolute atomic E-state index is 0.0431. The van der Waals surface area contributed by atoms with E-state index >= 15 is 8.78 Å². The molecule has 0 spiro atoms. The van der Waals surface area contributed by atoms with Crippen LogP contribution < -0.4 is 10.6 Å². The topological polar surface area (TPSA) is 122 Å². The van der Waals surface area contributed by atoms with Crippen LogP contribution in [-0.2, 0) is 33.5 Å². The average molecular weight is 763 g/mol. The van der Waals surface area contributed by atoms with Gasteiger partial charge in [-0.2, -0.15) is 5.10 Å². The van der Waals surface area contributed by atoms with E-state index in [2.05, 4.69) is 28.6 Å². The fourth-order valence-corrected chi connectivity index (χ4v) is 11.0. The third-order valence-corrected chi connectivity index (χ3v) is 13.7. The second-order valence-corrected chi connectivity index (χ2v) is 18.5. The van der Waals surface area contributed by atoms with Crippen LogP contribution in [0.15, 0.2) is 70.6 Å². The normalized spacial score (nSPS) is 21.0. The van der Waals surface area contributed by atoms with Gasteiger partial charge in [-0.3, -0.25) is 4.79 Å². The van der Waals surface area contributed by atoms with Crippen LogP contribution in [0.5, 0.6) is 0 Å². The Morgan fingerprint density at radius 2 is 1.85 bits per heavy atom. The molecule has 282 valence electrons. The molecule has 4 bridgehead atoms. The summed E-state index contributed by atoms with van der Waals surface area (Å²) in [5.41, 5.74) is 1.91. The van der Waals surface area contributed by atoms with E-state index in [1.807, 2.05) is 45.0 Å². The predicted octanol–water partition coefficient (Wildman–Crippen LogP) is 7.51. The van der Waals surface area contributed by atoms with Crippen LogP contribution in [0.25, 0.3) is 22.3 Å². The Hall–Kier alpha value is -4.07.